The van der Waals surface area contributed by atoms with Gasteiger partial charge < -0.3 is 19.8 Å². The maximum absolute atomic E-state index is 11.2. The molecule has 0 unspecified atom stereocenters. The molecule has 0 spiro atoms. The first-order valence-electron chi connectivity index (χ1n) is 2.45. The molecule has 0 aliphatic heterocycles. The number of hydrogen-bond donors (Lipinski definition) is 0. The Morgan fingerprint density at radius 1 is 0.867 bits per heavy atom. The van der Waals surface area contributed by atoms with Crippen LogP contribution >= 0.6 is 45.2 Å². The number of carboxylic acid groups (broad SMARTS) is 2. The van der Waals surface area contributed by atoms with Crippen LogP contribution in [0.4, 0.5) is 17.6 Å². The van der Waals surface area contributed by atoms with Crippen molar-refractivity contribution in [2.45, 2.75) is 7.86 Å². The minimum Gasteiger partial charge on any atom is -0.543 e. The molecule has 0 atom stereocenters. The second kappa shape index (κ2) is 8.47. The zero-order chi connectivity index (χ0) is 12.2. The topological polar surface area (TPSA) is 80.3 Å². The predicted octanol–water partition coefficient (Wildman–Crippen LogP) is -0.853. The summed E-state index contributed by atoms with van der Waals surface area (Å²) >= 11 is 0.942. The minimum absolute atomic E-state index is 0. The van der Waals surface area contributed by atoms with Crippen molar-refractivity contribution in [1.82, 2.24) is 0 Å². The number of halogens is 6. The normalized spacial score (nSPS) is 10.5. The summed E-state index contributed by atoms with van der Waals surface area (Å²) in [6.07, 6.45) is 0. The standard InChI is InChI=1S/2C2HF2IO2.Ca/c2*3-2(4,5)1(6)7;/h2*(H,6,7);/q;;+2/p-2. The molecule has 0 aliphatic carbocycles. The number of alkyl halides is 6. The first-order valence-corrected chi connectivity index (χ1v) is 4.61. The van der Waals surface area contributed by atoms with Crippen molar-refractivity contribution in [2.75, 3.05) is 0 Å². The summed E-state index contributed by atoms with van der Waals surface area (Å²) in [5, 5.41) is 18.3. The quantitative estimate of drug-likeness (QED) is 0.223. The molecule has 0 heterocycles. The molecule has 0 fully saturated rings. The van der Waals surface area contributed by atoms with E-state index < -0.39 is 19.8 Å². The van der Waals surface area contributed by atoms with Gasteiger partial charge >= 0.3 is 45.6 Å². The Kier molecular flexibility index (Phi) is 12.2. The summed E-state index contributed by atoms with van der Waals surface area (Å²) < 4.78 is 37.2. The molecule has 84 valence electrons. The van der Waals surface area contributed by atoms with Gasteiger partial charge in [-0.3, -0.25) is 0 Å². The smallest absolute Gasteiger partial charge is 0.543 e. The van der Waals surface area contributed by atoms with E-state index in [0.29, 0.717) is 45.2 Å². The third-order valence-corrected chi connectivity index (χ3v) is 1.34. The minimum atomic E-state index is -3.72. The molecule has 0 N–H and O–H groups in total. The van der Waals surface area contributed by atoms with Gasteiger partial charge in [-0.05, 0) is 0 Å². The summed E-state index contributed by atoms with van der Waals surface area (Å²) in [4.78, 5) is 18.3. The summed E-state index contributed by atoms with van der Waals surface area (Å²) in [7, 11) is 0. The molecule has 0 saturated carbocycles. The number of aliphatic carboxylic acids is 2. The second-order valence-electron chi connectivity index (χ2n) is 1.57. The van der Waals surface area contributed by atoms with Crippen LogP contribution in [0.1, 0.15) is 0 Å². The van der Waals surface area contributed by atoms with E-state index in [4.69, 9.17) is 19.8 Å². The molecule has 0 aromatic rings. The van der Waals surface area contributed by atoms with Crippen molar-refractivity contribution < 1.29 is 37.4 Å². The summed E-state index contributed by atoms with van der Waals surface area (Å²) in [5.74, 6) is -4.71. The fraction of sp³-hybridized carbons (Fsp3) is 0.500. The van der Waals surface area contributed by atoms with E-state index >= 15 is 0 Å². The predicted molar refractivity (Wildman–Crippen MR) is 53.7 cm³/mol. The Morgan fingerprint density at radius 3 is 0.933 bits per heavy atom. The molecule has 11 heteroatoms. The molecular formula is C4CaF4I2O4. The zero-order valence-electron chi connectivity index (χ0n) is 6.61. The number of carboxylic acids is 2. The first kappa shape index (κ1) is 21.6. The molecule has 0 rings (SSSR count). The average molecular weight is 482 g/mol. The fourth-order valence-electron chi connectivity index (χ4n) is 0. The van der Waals surface area contributed by atoms with Gasteiger partial charge in [0.2, 0.25) is 0 Å². The van der Waals surface area contributed by atoms with E-state index in [1.165, 1.54) is 0 Å². The van der Waals surface area contributed by atoms with E-state index in [9.17, 15) is 17.6 Å². The van der Waals surface area contributed by atoms with E-state index in [2.05, 4.69) is 0 Å². The van der Waals surface area contributed by atoms with E-state index in [0.717, 1.165) is 0 Å². The molecule has 0 aromatic carbocycles. The Hall–Kier alpha value is 1.38. The molecule has 0 aromatic heterocycles. The summed E-state index contributed by atoms with van der Waals surface area (Å²) in [5.41, 5.74) is 0. The Balaban J connectivity index is -0.000000180. The van der Waals surface area contributed by atoms with Gasteiger partial charge in [-0.1, -0.05) is 0 Å². The van der Waals surface area contributed by atoms with Crippen LogP contribution in [0.25, 0.3) is 0 Å². The molecule has 0 radical (unpaired) electrons. The van der Waals surface area contributed by atoms with Crippen LogP contribution in [0.5, 0.6) is 0 Å². The number of hydrogen-bond acceptors (Lipinski definition) is 4. The second-order valence-corrected chi connectivity index (χ2v) is 4.28. The van der Waals surface area contributed by atoms with Crippen LogP contribution in [0, 0.1) is 0 Å². The third kappa shape index (κ3) is 15.4. The van der Waals surface area contributed by atoms with Gasteiger partial charge in [0.05, 0.1) is 0 Å². The van der Waals surface area contributed by atoms with E-state index in [1.807, 2.05) is 0 Å². The van der Waals surface area contributed by atoms with Gasteiger partial charge in [0, 0.05) is 45.2 Å². The van der Waals surface area contributed by atoms with Crippen molar-refractivity contribution in [1.29, 1.82) is 0 Å². The van der Waals surface area contributed by atoms with E-state index in [-0.39, 0.29) is 37.7 Å². The number of carbonyl (C=O) groups excluding carboxylic acids is 2. The summed E-state index contributed by atoms with van der Waals surface area (Å²) in [6, 6.07) is 0. The molecular weight excluding hydrogens is 482 g/mol. The zero-order valence-corrected chi connectivity index (χ0v) is 13.1. The van der Waals surface area contributed by atoms with Gasteiger partial charge in [-0.15, -0.1) is 0 Å². The molecule has 0 aliphatic rings. The molecule has 4 nitrogen and oxygen atoms in total. The van der Waals surface area contributed by atoms with E-state index in [1.54, 1.807) is 0 Å². The number of carbonyl (C=O) groups is 2. The molecule has 15 heavy (non-hydrogen) atoms. The van der Waals surface area contributed by atoms with Crippen molar-refractivity contribution in [3.05, 3.63) is 0 Å². The summed E-state index contributed by atoms with van der Waals surface area (Å²) in [6.45, 7) is 0. The van der Waals surface area contributed by atoms with Gasteiger partial charge in [0.25, 0.3) is 0 Å². The SMILES string of the molecule is O=C([O-])C(F)(F)I.O=C([O-])C(F)(F)I.[Ca+2]. The Labute approximate surface area is 138 Å². The van der Waals surface area contributed by atoms with Crippen LogP contribution in [-0.2, 0) is 9.59 Å². The van der Waals surface area contributed by atoms with Gasteiger partial charge in [0.15, 0.2) is 0 Å². The maximum atomic E-state index is 11.2. The monoisotopic (exact) mass is 482 g/mol. The van der Waals surface area contributed by atoms with Crippen LogP contribution < -0.4 is 10.2 Å². The van der Waals surface area contributed by atoms with Crippen LogP contribution in [0.2, 0.25) is 0 Å². The Morgan fingerprint density at radius 2 is 0.933 bits per heavy atom. The van der Waals surface area contributed by atoms with Gasteiger partial charge in [-0.25, -0.2) is 0 Å². The van der Waals surface area contributed by atoms with Gasteiger partial charge in [0.1, 0.15) is 11.9 Å². The fourth-order valence-corrected chi connectivity index (χ4v) is 0. The van der Waals surface area contributed by atoms with Crippen LogP contribution in [0.15, 0.2) is 0 Å². The molecule has 0 saturated heterocycles. The van der Waals surface area contributed by atoms with Crippen molar-refractivity contribution >= 4 is 94.9 Å². The van der Waals surface area contributed by atoms with Crippen LogP contribution in [0.3, 0.4) is 0 Å². The third-order valence-electron chi connectivity index (χ3n) is 0.463. The average Bonchev–Trinajstić information content (AvgIpc) is 1.83. The van der Waals surface area contributed by atoms with Crippen molar-refractivity contribution in [3.63, 3.8) is 0 Å². The number of rotatable bonds is 2. The van der Waals surface area contributed by atoms with Crippen molar-refractivity contribution in [2.24, 2.45) is 0 Å². The largest absolute Gasteiger partial charge is 2.00 e. The first-order chi connectivity index (χ1) is 5.89. The van der Waals surface area contributed by atoms with Crippen LogP contribution in [-0.4, -0.2) is 57.5 Å². The van der Waals surface area contributed by atoms with Gasteiger partial charge in [-0.2, -0.15) is 17.6 Å². The Bertz CT molecular complexity index is 202. The molecule has 0 amide bonds. The van der Waals surface area contributed by atoms with Crippen molar-refractivity contribution in [3.8, 4) is 0 Å². The maximum Gasteiger partial charge on any atom is 2.00 e. The molecule has 0 bridgehead atoms.